The summed E-state index contributed by atoms with van der Waals surface area (Å²) in [5.74, 6) is -0.607. The molecule has 2 aromatic rings. The molecule has 0 aromatic heterocycles. The predicted octanol–water partition coefficient (Wildman–Crippen LogP) is 5.28. The molecule has 0 N–H and O–H groups in total. The summed E-state index contributed by atoms with van der Waals surface area (Å²) in [7, 11) is 0. The fourth-order valence-electron chi connectivity index (χ4n) is 3.09. The van der Waals surface area contributed by atoms with E-state index in [2.05, 4.69) is 6.92 Å². The summed E-state index contributed by atoms with van der Waals surface area (Å²) in [5.41, 5.74) is 3.59. The summed E-state index contributed by atoms with van der Waals surface area (Å²) in [6.07, 6.45) is 2.95. The van der Waals surface area contributed by atoms with Gasteiger partial charge in [-0.2, -0.15) is 0 Å². The quantitative estimate of drug-likeness (QED) is 0.623. The molecule has 0 fully saturated rings. The van der Waals surface area contributed by atoms with E-state index in [-0.39, 0.29) is 0 Å². The van der Waals surface area contributed by atoms with Crippen LogP contribution in [0, 0.1) is 11.6 Å². The molecule has 3 rings (SSSR count). The molecule has 0 spiro atoms. The molecular weight excluding hydrogens is 282 g/mol. The van der Waals surface area contributed by atoms with Gasteiger partial charge in [-0.05, 0) is 53.6 Å². The summed E-state index contributed by atoms with van der Waals surface area (Å²) >= 11 is 0. The summed E-state index contributed by atoms with van der Waals surface area (Å²) in [5, 5.41) is 0. The maximum Gasteiger partial charge on any atom is 0.167 e. The highest BCUT2D eigenvalue weighted by Gasteiger charge is 2.26. The van der Waals surface area contributed by atoms with Crippen molar-refractivity contribution in [3.05, 3.63) is 52.6 Å². The third kappa shape index (κ3) is 2.49. The Bertz CT molecular complexity index is 707. The fraction of sp³-hybridized carbons (Fsp3) is 0.368. The Morgan fingerprint density at radius 2 is 1.82 bits per heavy atom. The standard InChI is InChI=1S/C19H20F2O/c1-3-5-12-9-14-10-13-11-15(22-8-4-2)6-7-16(13)17(14)19(21)18(12)20/h6-7,9,11H,3-5,8,10H2,1-2H3. The lowest BCUT2D eigenvalue weighted by atomic mass is 10.00. The Hall–Kier alpha value is -1.90. The minimum atomic E-state index is -0.707. The molecule has 0 amide bonds. The lowest BCUT2D eigenvalue weighted by Crippen LogP contribution is -1.98. The topological polar surface area (TPSA) is 9.23 Å². The number of aryl methyl sites for hydroxylation is 1. The molecule has 0 heterocycles. The van der Waals surface area contributed by atoms with E-state index in [0.717, 1.165) is 35.3 Å². The van der Waals surface area contributed by atoms with Crippen LogP contribution >= 0.6 is 0 Å². The van der Waals surface area contributed by atoms with Crippen molar-refractivity contribution in [2.45, 2.75) is 39.5 Å². The van der Waals surface area contributed by atoms with Crippen LogP contribution in [-0.4, -0.2) is 6.61 Å². The smallest absolute Gasteiger partial charge is 0.167 e. The van der Waals surface area contributed by atoms with Crippen molar-refractivity contribution < 1.29 is 13.5 Å². The monoisotopic (exact) mass is 302 g/mol. The maximum absolute atomic E-state index is 14.5. The fourth-order valence-corrected chi connectivity index (χ4v) is 3.09. The number of hydrogen-bond acceptors (Lipinski definition) is 1. The molecule has 1 aliphatic rings. The van der Waals surface area contributed by atoms with Crippen molar-refractivity contribution >= 4 is 0 Å². The number of fused-ring (bicyclic) bond motifs is 3. The lowest BCUT2D eigenvalue weighted by Gasteiger charge is -2.09. The Kier molecular flexibility index (Phi) is 4.14. The second-order valence-electron chi connectivity index (χ2n) is 5.79. The van der Waals surface area contributed by atoms with Gasteiger partial charge in [-0.1, -0.05) is 32.4 Å². The Morgan fingerprint density at radius 1 is 1.00 bits per heavy atom. The van der Waals surface area contributed by atoms with Crippen LogP contribution in [0.15, 0.2) is 24.3 Å². The van der Waals surface area contributed by atoms with Crippen molar-refractivity contribution in [1.82, 2.24) is 0 Å². The van der Waals surface area contributed by atoms with Gasteiger partial charge in [-0.3, -0.25) is 0 Å². The summed E-state index contributed by atoms with van der Waals surface area (Å²) in [6, 6.07) is 7.45. The largest absolute Gasteiger partial charge is 0.494 e. The van der Waals surface area contributed by atoms with Crippen LogP contribution in [0.5, 0.6) is 5.75 Å². The Balaban J connectivity index is 2.02. The van der Waals surface area contributed by atoms with Gasteiger partial charge in [0, 0.05) is 5.56 Å². The average molecular weight is 302 g/mol. The van der Waals surface area contributed by atoms with Gasteiger partial charge in [-0.25, -0.2) is 8.78 Å². The van der Waals surface area contributed by atoms with Gasteiger partial charge in [0.15, 0.2) is 11.6 Å². The molecule has 1 nitrogen and oxygen atoms in total. The third-order valence-corrected chi connectivity index (χ3v) is 4.08. The molecule has 2 aromatic carbocycles. The Morgan fingerprint density at radius 3 is 2.55 bits per heavy atom. The van der Waals surface area contributed by atoms with E-state index in [4.69, 9.17) is 4.74 Å². The third-order valence-electron chi connectivity index (χ3n) is 4.08. The van der Waals surface area contributed by atoms with Crippen molar-refractivity contribution in [2.24, 2.45) is 0 Å². The average Bonchev–Trinajstić information content (AvgIpc) is 2.88. The minimum Gasteiger partial charge on any atom is -0.494 e. The molecule has 0 aliphatic heterocycles. The number of halogens is 2. The van der Waals surface area contributed by atoms with E-state index >= 15 is 0 Å². The van der Waals surface area contributed by atoms with Crippen LogP contribution in [0.1, 0.15) is 43.4 Å². The zero-order valence-electron chi connectivity index (χ0n) is 13.0. The molecule has 1 aliphatic carbocycles. The van der Waals surface area contributed by atoms with Gasteiger partial charge < -0.3 is 4.74 Å². The zero-order chi connectivity index (χ0) is 15.7. The van der Waals surface area contributed by atoms with E-state index in [1.165, 1.54) is 0 Å². The van der Waals surface area contributed by atoms with Crippen LogP contribution in [0.2, 0.25) is 0 Å². The van der Waals surface area contributed by atoms with Crippen molar-refractivity contribution in [1.29, 1.82) is 0 Å². The molecule has 116 valence electrons. The molecule has 0 saturated heterocycles. The van der Waals surface area contributed by atoms with Crippen LogP contribution in [0.3, 0.4) is 0 Å². The SMILES string of the molecule is CCCOc1ccc2c(c1)Cc1cc(CCC)c(F)c(F)c1-2. The van der Waals surface area contributed by atoms with Crippen LogP contribution in [-0.2, 0) is 12.8 Å². The van der Waals surface area contributed by atoms with E-state index in [1.54, 1.807) is 0 Å². The highest BCUT2D eigenvalue weighted by Crippen LogP contribution is 2.41. The van der Waals surface area contributed by atoms with Gasteiger partial charge in [0.2, 0.25) is 0 Å². The summed E-state index contributed by atoms with van der Waals surface area (Å²) in [4.78, 5) is 0. The first-order valence-corrected chi connectivity index (χ1v) is 7.91. The van der Waals surface area contributed by atoms with Gasteiger partial charge in [0.1, 0.15) is 5.75 Å². The van der Waals surface area contributed by atoms with E-state index in [9.17, 15) is 8.78 Å². The van der Waals surface area contributed by atoms with E-state index in [0.29, 0.717) is 30.6 Å². The zero-order valence-corrected chi connectivity index (χ0v) is 13.0. The van der Waals surface area contributed by atoms with Crippen molar-refractivity contribution in [2.75, 3.05) is 6.61 Å². The van der Waals surface area contributed by atoms with E-state index in [1.807, 2.05) is 31.2 Å². The van der Waals surface area contributed by atoms with Gasteiger partial charge in [0.25, 0.3) is 0 Å². The predicted molar refractivity (Wildman–Crippen MR) is 84.4 cm³/mol. The number of rotatable bonds is 5. The number of ether oxygens (including phenoxy) is 1. The first kappa shape index (κ1) is 15.0. The van der Waals surface area contributed by atoms with Crippen LogP contribution in [0.4, 0.5) is 8.78 Å². The molecule has 0 unspecified atom stereocenters. The lowest BCUT2D eigenvalue weighted by molar-refractivity contribution is 0.317. The van der Waals surface area contributed by atoms with Crippen molar-refractivity contribution in [3.8, 4) is 16.9 Å². The summed E-state index contributed by atoms with van der Waals surface area (Å²) < 4.78 is 34.3. The number of hydrogen-bond donors (Lipinski definition) is 0. The first-order valence-electron chi connectivity index (χ1n) is 7.91. The molecule has 0 saturated carbocycles. The van der Waals surface area contributed by atoms with Gasteiger partial charge in [-0.15, -0.1) is 0 Å². The second kappa shape index (κ2) is 6.07. The molecule has 0 bridgehead atoms. The normalized spacial score (nSPS) is 12.2. The van der Waals surface area contributed by atoms with Crippen molar-refractivity contribution in [3.63, 3.8) is 0 Å². The first-order chi connectivity index (χ1) is 10.7. The number of benzene rings is 2. The van der Waals surface area contributed by atoms with Gasteiger partial charge >= 0.3 is 0 Å². The Labute approximate surface area is 129 Å². The summed E-state index contributed by atoms with van der Waals surface area (Å²) in [6.45, 7) is 4.68. The molecular formula is C19H20F2O. The van der Waals surface area contributed by atoms with Crippen LogP contribution in [0.25, 0.3) is 11.1 Å². The molecule has 22 heavy (non-hydrogen) atoms. The molecule has 3 heteroatoms. The highest BCUT2D eigenvalue weighted by molar-refractivity contribution is 5.78. The molecule has 0 atom stereocenters. The maximum atomic E-state index is 14.5. The van der Waals surface area contributed by atoms with E-state index < -0.39 is 11.6 Å². The van der Waals surface area contributed by atoms with Gasteiger partial charge in [0.05, 0.1) is 6.61 Å². The minimum absolute atomic E-state index is 0.425. The van der Waals surface area contributed by atoms with Crippen LogP contribution < -0.4 is 4.74 Å². The second-order valence-corrected chi connectivity index (χ2v) is 5.79. The molecule has 0 radical (unpaired) electrons. The highest BCUT2D eigenvalue weighted by atomic mass is 19.2.